The van der Waals surface area contributed by atoms with Crippen LogP contribution in [0.25, 0.3) is 0 Å². The Bertz CT molecular complexity index is 475. The van der Waals surface area contributed by atoms with Crippen molar-refractivity contribution in [1.82, 2.24) is 9.62 Å². The van der Waals surface area contributed by atoms with Crippen LogP contribution in [0.4, 0.5) is 8.78 Å². The fourth-order valence-electron chi connectivity index (χ4n) is 2.97. The number of nitrogens with one attached hydrogen (secondary N) is 1. The van der Waals surface area contributed by atoms with E-state index < -0.39 is 33.1 Å². The van der Waals surface area contributed by atoms with Gasteiger partial charge in [0.2, 0.25) is 15.9 Å². The van der Waals surface area contributed by atoms with Crippen molar-refractivity contribution in [3.8, 4) is 0 Å². The van der Waals surface area contributed by atoms with Gasteiger partial charge in [0, 0.05) is 13.6 Å². The molecule has 2 rings (SSSR count). The number of carbonyl (C=O) groups is 1. The van der Waals surface area contributed by atoms with Crippen molar-refractivity contribution in [3.63, 3.8) is 0 Å². The lowest BCUT2D eigenvalue weighted by molar-refractivity contribution is -0.126. The van der Waals surface area contributed by atoms with E-state index in [9.17, 15) is 22.0 Å². The number of alkyl halides is 2. The summed E-state index contributed by atoms with van der Waals surface area (Å²) in [7, 11) is -2.30. The minimum Gasteiger partial charge on any atom is -0.344 e. The lowest BCUT2D eigenvalue weighted by Crippen LogP contribution is -2.58. The number of rotatable bonds is 3. The van der Waals surface area contributed by atoms with Crippen LogP contribution in [0.1, 0.15) is 38.5 Å². The molecule has 1 aliphatic heterocycles. The van der Waals surface area contributed by atoms with Crippen LogP contribution >= 0.6 is 0 Å². The second kappa shape index (κ2) is 5.55. The summed E-state index contributed by atoms with van der Waals surface area (Å²) in [6.07, 6.45) is 0.0225. The lowest BCUT2D eigenvalue weighted by Gasteiger charge is -2.37. The van der Waals surface area contributed by atoms with Gasteiger partial charge < -0.3 is 5.32 Å². The highest BCUT2D eigenvalue weighted by Crippen LogP contribution is 2.34. The minimum atomic E-state index is -3.69. The molecule has 2 aliphatic rings. The monoisotopic (exact) mass is 310 g/mol. The van der Waals surface area contributed by atoms with Gasteiger partial charge in [0.05, 0.1) is 0 Å². The summed E-state index contributed by atoms with van der Waals surface area (Å²) in [6, 6.07) is 0. The number of halogens is 2. The van der Waals surface area contributed by atoms with E-state index in [0.29, 0.717) is 12.8 Å². The zero-order valence-corrected chi connectivity index (χ0v) is 12.3. The molecule has 1 saturated heterocycles. The molecule has 0 aromatic heterocycles. The van der Waals surface area contributed by atoms with E-state index in [-0.39, 0.29) is 25.8 Å². The Balaban J connectivity index is 2.14. The molecule has 1 atom stereocenters. The molecule has 5 nitrogen and oxygen atoms in total. The summed E-state index contributed by atoms with van der Waals surface area (Å²) in [4.78, 5) is 12.1. The SMILES string of the molecule is CN1CCC(C(=O)NC2(C(F)F)CCCCC2)S1(=O)=O. The average molecular weight is 310 g/mol. The molecule has 0 aromatic carbocycles. The predicted octanol–water partition coefficient (Wildman–Crippen LogP) is 1.10. The van der Waals surface area contributed by atoms with Crippen molar-refractivity contribution in [3.05, 3.63) is 0 Å². The third-order valence-corrected chi connectivity index (χ3v) is 6.55. The van der Waals surface area contributed by atoms with Crippen molar-refractivity contribution in [2.45, 2.75) is 55.7 Å². The second-order valence-corrected chi connectivity index (χ2v) is 7.87. The summed E-state index contributed by atoms with van der Waals surface area (Å²) in [5.41, 5.74) is -1.55. The van der Waals surface area contributed by atoms with E-state index in [0.717, 1.165) is 10.7 Å². The molecule has 8 heteroatoms. The largest absolute Gasteiger partial charge is 0.344 e. The summed E-state index contributed by atoms with van der Waals surface area (Å²) in [5.74, 6) is -0.781. The Morgan fingerprint density at radius 3 is 2.35 bits per heavy atom. The van der Waals surface area contributed by atoms with Crippen molar-refractivity contribution in [1.29, 1.82) is 0 Å². The number of amides is 1. The van der Waals surface area contributed by atoms with Crippen LogP contribution in [0.2, 0.25) is 0 Å². The van der Waals surface area contributed by atoms with Crippen LogP contribution in [0.15, 0.2) is 0 Å². The van der Waals surface area contributed by atoms with Gasteiger partial charge in [-0.15, -0.1) is 0 Å². The molecule has 2 fully saturated rings. The van der Waals surface area contributed by atoms with Crippen LogP contribution in [0.3, 0.4) is 0 Å². The van der Waals surface area contributed by atoms with Gasteiger partial charge in [0.1, 0.15) is 5.54 Å². The van der Waals surface area contributed by atoms with Gasteiger partial charge in [-0.1, -0.05) is 19.3 Å². The predicted molar refractivity (Wildman–Crippen MR) is 69.9 cm³/mol. The Morgan fingerprint density at radius 1 is 1.30 bits per heavy atom. The van der Waals surface area contributed by atoms with E-state index >= 15 is 0 Å². The molecule has 0 bridgehead atoms. The molecule has 0 aromatic rings. The molecular weight excluding hydrogens is 290 g/mol. The fraction of sp³-hybridized carbons (Fsp3) is 0.917. The Morgan fingerprint density at radius 2 is 1.90 bits per heavy atom. The molecule has 1 aliphatic carbocycles. The van der Waals surface area contributed by atoms with Crippen LogP contribution in [-0.4, -0.2) is 49.4 Å². The van der Waals surface area contributed by atoms with Crippen molar-refractivity contribution >= 4 is 15.9 Å². The maximum atomic E-state index is 13.3. The summed E-state index contributed by atoms with van der Waals surface area (Å²) >= 11 is 0. The van der Waals surface area contributed by atoms with Crippen LogP contribution in [0.5, 0.6) is 0 Å². The highest BCUT2D eigenvalue weighted by atomic mass is 32.2. The van der Waals surface area contributed by atoms with E-state index in [1.807, 2.05) is 0 Å². The third-order valence-electron chi connectivity index (χ3n) is 4.33. The van der Waals surface area contributed by atoms with E-state index in [2.05, 4.69) is 5.32 Å². The first-order chi connectivity index (χ1) is 9.29. The Hall–Kier alpha value is -0.760. The first kappa shape index (κ1) is 15.6. The van der Waals surface area contributed by atoms with Gasteiger partial charge in [-0.3, -0.25) is 4.79 Å². The second-order valence-electron chi connectivity index (χ2n) is 5.65. The van der Waals surface area contributed by atoms with Gasteiger partial charge >= 0.3 is 0 Å². The van der Waals surface area contributed by atoms with Gasteiger partial charge in [-0.25, -0.2) is 21.5 Å². The first-order valence-electron chi connectivity index (χ1n) is 6.85. The summed E-state index contributed by atoms with van der Waals surface area (Å²) < 4.78 is 51.6. The molecule has 0 spiro atoms. The quantitative estimate of drug-likeness (QED) is 0.849. The number of nitrogens with zero attached hydrogens (tertiary/aromatic N) is 1. The van der Waals surface area contributed by atoms with E-state index in [1.54, 1.807) is 0 Å². The topological polar surface area (TPSA) is 66.5 Å². The van der Waals surface area contributed by atoms with Crippen LogP contribution < -0.4 is 5.32 Å². The Kier molecular flexibility index (Phi) is 4.34. The first-order valence-corrected chi connectivity index (χ1v) is 8.35. The van der Waals surface area contributed by atoms with Gasteiger partial charge in [-0.2, -0.15) is 0 Å². The standard InChI is InChI=1S/C12H20F2N2O3S/c1-16-8-5-9(20(16,18)19)10(17)15-12(11(13)14)6-3-2-4-7-12/h9,11H,2-8H2,1H3,(H,15,17). The number of hydrogen-bond donors (Lipinski definition) is 1. The molecule has 0 radical (unpaired) electrons. The molecule has 1 heterocycles. The minimum absolute atomic E-state index is 0.157. The number of carbonyl (C=O) groups excluding carboxylic acids is 1. The van der Waals surface area contributed by atoms with E-state index in [1.165, 1.54) is 7.05 Å². The van der Waals surface area contributed by atoms with Gasteiger partial charge in [-0.05, 0) is 19.3 Å². The maximum Gasteiger partial charge on any atom is 0.261 e. The average Bonchev–Trinajstić information content (AvgIpc) is 2.65. The zero-order valence-electron chi connectivity index (χ0n) is 11.4. The van der Waals surface area contributed by atoms with Crippen LogP contribution in [-0.2, 0) is 14.8 Å². The summed E-state index contributed by atoms with van der Waals surface area (Å²) in [6.45, 7) is 0.252. The third kappa shape index (κ3) is 2.67. The fourth-order valence-corrected chi connectivity index (χ4v) is 4.49. The van der Waals surface area contributed by atoms with Gasteiger partial charge in [0.25, 0.3) is 6.43 Å². The molecule has 1 saturated carbocycles. The van der Waals surface area contributed by atoms with Crippen molar-refractivity contribution in [2.75, 3.05) is 13.6 Å². The molecular formula is C12H20F2N2O3S. The summed E-state index contributed by atoms with van der Waals surface area (Å²) in [5, 5.41) is 1.12. The molecule has 1 unspecified atom stereocenters. The number of sulfonamides is 1. The highest BCUT2D eigenvalue weighted by molar-refractivity contribution is 7.90. The normalized spacial score (nSPS) is 29.5. The highest BCUT2D eigenvalue weighted by Gasteiger charge is 2.47. The van der Waals surface area contributed by atoms with E-state index in [4.69, 9.17) is 0 Å². The van der Waals surface area contributed by atoms with Gasteiger partial charge in [0.15, 0.2) is 5.25 Å². The lowest BCUT2D eigenvalue weighted by atomic mass is 9.81. The molecule has 1 amide bonds. The zero-order chi connectivity index (χ0) is 15.0. The molecule has 116 valence electrons. The molecule has 1 N–H and O–H groups in total. The van der Waals surface area contributed by atoms with Crippen molar-refractivity contribution < 1.29 is 22.0 Å². The molecule has 20 heavy (non-hydrogen) atoms. The number of hydrogen-bond acceptors (Lipinski definition) is 3. The smallest absolute Gasteiger partial charge is 0.261 e. The Labute approximate surface area is 117 Å². The van der Waals surface area contributed by atoms with Crippen LogP contribution in [0, 0.1) is 0 Å². The van der Waals surface area contributed by atoms with Crippen molar-refractivity contribution in [2.24, 2.45) is 0 Å². The maximum absolute atomic E-state index is 13.3.